The molecule has 0 aliphatic heterocycles. The Morgan fingerprint density at radius 3 is 2.18 bits per heavy atom. The van der Waals surface area contributed by atoms with Crippen LogP contribution >= 0.6 is 11.6 Å². The van der Waals surface area contributed by atoms with E-state index in [1.54, 1.807) is 13.8 Å². The summed E-state index contributed by atoms with van der Waals surface area (Å²) in [5.74, 6) is -0.738. The molecule has 4 nitrogen and oxygen atoms in total. The first-order chi connectivity index (χ1) is 12.8. The van der Waals surface area contributed by atoms with Gasteiger partial charge in [0.1, 0.15) is 5.82 Å². The van der Waals surface area contributed by atoms with Crippen LogP contribution in [0.1, 0.15) is 36.6 Å². The van der Waals surface area contributed by atoms with Crippen LogP contribution in [-0.2, 0) is 12.4 Å². The Morgan fingerprint density at radius 2 is 1.68 bits per heavy atom. The number of alkyl halides is 6. The topological polar surface area (TPSA) is 56.7 Å². The van der Waals surface area contributed by atoms with Crippen molar-refractivity contribution in [3.05, 3.63) is 46.1 Å². The van der Waals surface area contributed by atoms with Crippen LogP contribution in [-0.4, -0.2) is 14.8 Å². The number of pyridine rings is 1. The summed E-state index contributed by atoms with van der Waals surface area (Å²) in [5, 5.41) is 3.16. The zero-order chi connectivity index (χ0) is 21.0. The minimum Gasteiger partial charge on any atom is -0.383 e. The number of rotatable bonds is 2. The van der Waals surface area contributed by atoms with Crippen molar-refractivity contribution in [2.75, 3.05) is 5.73 Å². The highest BCUT2D eigenvalue weighted by molar-refractivity contribution is 6.32. The summed E-state index contributed by atoms with van der Waals surface area (Å²) < 4.78 is 79.9. The van der Waals surface area contributed by atoms with E-state index in [0.29, 0.717) is 6.07 Å². The van der Waals surface area contributed by atoms with Gasteiger partial charge in [-0.3, -0.25) is 0 Å². The molecule has 3 rings (SSSR count). The lowest BCUT2D eigenvalue weighted by Gasteiger charge is -2.12. The third kappa shape index (κ3) is 3.48. The van der Waals surface area contributed by atoms with E-state index in [4.69, 9.17) is 17.3 Å². The molecule has 2 N–H and O–H groups in total. The smallest absolute Gasteiger partial charge is 0.383 e. The highest BCUT2D eigenvalue weighted by atomic mass is 35.5. The number of nitrogens with zero attached hydrogens (tertiary/aromatic N) is 3. The first kappa shape index (κ1) is 20.2. The molecule has 0 fully saturated rings. The number of nitrogen functional groups attached to an aromatic ring is 1. The van der Waals surface area contributed by atoms with Crippen molar-refractivity contribution in [1.29, 1.82) is 0 Å². The molecule has 2 aromatic heterocycles. The number of fused-ring (bicyclic) bond motifs is 1. The first-order valence-electron chi connectivity index (χ1n) is 7.94. The molecule has 2 heterocycles. The number of anilines is 1. The van der Waals surface area contributed by atoms with E-state index in [0.717, 1.165) is 22.9 Å². The predicted molar refractivity (Wildman–Crippen MR) is 92.4 cm³/mol. The van der Waals surface area contributed by atoms with E-state index in [1.165, 1.54) is 0 Å². The Hall–Kier alpha value is -2.49. The van der Waals surface area contributed by atoms with Crippen molar-refractivity contribution in [2.45, 2.75) is 32.1 Å². The lowest BCUT2D eigenvalue weighted by atomic mass is 10.0. The largest absolute Gasteiger partial charge is 0.417 e. The van der Waals surface area contributed by atoms with Gasteiger partial charge in [0.25, 0.3) is 0 Å². The number of hydrogen-bond acceptors (Lipinski definition) is 3. The fourth-order valence-electron chi connectivity index (χ4n) is 2.69. The molecule has 0 saturated heterocycles. The quantitative estimate of drug-likeness (QED) is 0.530. The number of benzene rings is 1. The number of nitrogens with two attached hydrogens (primary N) is 1. The van der Waals surface area contributed by atoms with Gasteiger partial charge in [-0.25, -0.2) is 9.67 Å². The lowest BCUT2D eigenvalue weighted by molar-refractivity contribution is -0.138. The molecule has 0 unspecified atom stereocenters. The van der Waals surface area contributed by atoms with Crippen LogP contribution in [0.25, 0.3) is 16.7 Å². The third-order valence-electron chi connectivity index (χ3n) is 4.10. The zero-order valence-electron chi connectivity index (χ0n) is 14.5. The Bertz CT molecular complexity index is 1050. The van der Waals surface area contributed by atoms with Crippen molar-refractivity contribution in [2.24, 2.45) is 0 Å². The van der Waals surface area contributed by atoms with Crippen LogP contribution in [0.15, 0.2) is 24.3 Å². The minimum absolute atomic E-state index is 0.0932. The summed E-state index contributed by atoms with van der Waals surface area (Å²) in [6, 6.07) is 3.28. The van der Waals surface area contributed by atoms with E-state index in [-0.39, 0.29) is 28.0 Å². The molecule has 1 aromatic carbocycles. The van der Waals surface area contributed by atoms with Gasteiger partial charge < -0.3 is 5.73 Å². The second kappa shape index (κ2) is 6.54. The summed E-state index contributed by atoms with van der Waals surface area (Å²) in [7, 11) is 0. The second-order valence-corrected chi connectivity index (χ2v) is 6.81. The van der Waals surface area contributed by atoms with Gasteiger partial charge in [0.2, 0.25) is 0 Å². The highest BCUT2D eigenvalue weighted by Crippen LogP contribution is 2.40. The molecule has 0 bridgehead atoms. The maximum absolute atomic E-state index is 13.5. The Labute approximate surface area is 159 Å². The maximum atomic E-state index is 13.5. The fourth-order valence-corrected chi connectivity index (χ4v) is 2.95. The van der Waals surface area contributed by atoms with Crippen LogP contribution < -0.4 is 5.73 Å². The second-order valence-electron chi connectivity index (χ2n) is 6.41. The van der Waals surface area contributed by atoms with Crippen LogP contribution in [0.2, 0.25) is 5.02 Å². The summed E-state index contributed by atoms with van der Waals surface area (Å²) in [6.07, 6.45) is -9.35. The Balaban J connectivity index is 2.28. The van der Waals surface area contributed by atoms with E-state index in [1.807, 2.05) is 0 Å². The first-order valence-corrected chi connectivity index (χ1v) is 8.32. The SMILES string of the molecule is CC(C)c1cc(C(F)(F)F)c2c(N)n(-c3ccc(C(F)(F)F)cc3Cl)nc2n1. The molecule has 0 atom stereocenters. The van der Waals surface area contributed by atoms with E-state index >= 15 is 0 Å². The molecular formula is C17H13ClF6N4. The maximum Gasteiger partial charge on any atom is 0.417 e. The minimum atomic E-state index is -4.73. The molecular weight excluding hydrogens is 410 g/mol. The van der Waals surface area contributed by atoms with Crippen molar-refractivity contribution in [3.8, 4) is 5.69 Å². The van der Waals surface area contributed by atoms with Crippen molar-refractivity contribution in [3.63, 3.8) is 0 Å². The normalized spacial score (nSPS) is 12.9. The molecule has 3 aromatic rings. The summed E-state index contributed by atoms with van der Waals surface area (Å²) in [4.78, 5) is 4.11. The molecule has 0 amide bonds. The Kier molecular flexibility index (Phi) is 4.73. The van der Waals surface area contributed by atoms with Gasteiger partial charge in [-0.05, 0) is 30.2 Å². The fraction of sp³-hybridized carbons (Fsp3) is 0.294. The van der Waals surface area contributed by atoms with Crippen LogP contribution in [0.3, 0.4) is 0 Å². The monoisotopic (exact) mass is 422 g/mol. The molecule has 0 spiro atoms. The Morgan fingerprint density at radius 1 is 1.04 bits per heavy atom. The van der Waals surface area contributed by atoms with Gasteiger partial charge in [0, 0.05) is 5.69 Å². The third-order valence-corrected chi connectivity index (χ3v) is 4.40. The molecule has 11 heteroatoms. The molecule has 28 heavy (non-hydrogen) atoms. The summed E-state index contributed by atoms with van der Waals surface area (Å²) in [5.41, 5.74) is 3.63. The van der Waals surface area contributed by atoms with Crippen molar-refractivity contribution < 1.29 is 26.3 Å². The van der Waals surface area contributed by atoms with E-state index in [9.17, 15) is 26.3 Å². The lowest BCUT2D eigenvalue weighted by Crippen LogP contribution is -2.09. The van der Waals surface area contributed by atoms with Crippen molar-refractivity contribution in [1.82, 2.24) is 14.8 Å². The van der Waals surface area contributed by atoms with Gasteiger partial charge >= 0.3 is 12.4 Å². The van der Waals surface area contributed by atoms with Crippen LogP contribution in [0.4, 0.5) is 32.2 Å². The van der Waals surface area contributed by atoms with Gasteiger partial charge in [0.15, 0.2) is 5.65 Å². The van der Waals surface area contributed by atoms with Gasteiger partial charge in [-0.1, -0.05) is 25.4 Å². The van der Waals surface area contributed by atoms with Crippen molar-refractivity contribution >= 4 is 28.5 Å². The molecule has 0 aliphatic carbocycles. The van der Waals surface area contributed by atoms with Crippen LogP contribution in [0, 0.1) is 0 Å². The predicted octanol–water partition coefficient (Wildman–Crippen LogP) is 5.82. The average molecular weight is 423 g/mol. The highest BCUT2D eigenvalue weighted by Gasteiger charge is 2.36. The van der Waals surface area contributed by atoms with Gasteiger partial charge in [-0.15, -0.1) is 5.10 Å². The molecule has 150 valence electrons. The summed E-state index contributed by atoms with van der Waals surface area (Å²) >= 11 is 5.92. The van der Waals surface area contributed by atoms with E-state index in [2.05, 4.69) is 10.1 Å². The van der Waals surface area contributed by atoms with Gasteiger partial charge in [0.05, 0.1) is 27.2 Å². The standard InChI is InChI=1S/C17H13ClF6N4/c1-7(2)11-6-9(17(22,23)24)13-14(25)28(27-15(13)26-11)12-4-3-8(5-10(12)18)16(19,20)21/h3-7H,25H2,1-2H3. The van der Waals surface area contributed by atoms with Gasteiger partial charge in [-0.2, -0.15) is 26.3 Å². The number of hydrogen-bond donors (Lipinski definition) is 1. The average Bonchev–Trinajstić information content (AvgIpc) is 2.89. The number of halogens is 7. The van der Waals surface area contributed by atoms with Crippen LogP contribution in [0.5, 0.6) is 0 Å². The zero-order valence-corrected chi connectivity index (χ0v) is 15.2. The molecule has 0 radical (unpaired) electrons. The summed E-state index contributed by atoms with van der Waals surface area (Å²) in [6.45, 7) is 3.34. The molecule has 0 aliphatic rings. The number of aromatic nitrogens is 3. The molecule has 0 saturated carbocycles. The van der Waals surface area contributed by atoms with E-state index < -0.39 is 34.7 Å².